The predicted molar refractivity (Wildman–Crippen MR) is 116 cm³/mol. The first kappa shape index (κ1) is 20.5. The van der Waals surface area contributed by atoms with Crippen LogP contribution in [-0.2, 0) is 16.0 Å². The van der Waals surface area contributed by atoms with Crippen molar-refractivity contribution in [3.63, 3.8) is 0 Å². The standard InChI is InChI=1S/C23H30N2O3S/c26-22(27)15-17(14-18-16-29-21-7-3-2-6-20(18)21)23(28)25(12-4-1-5-13-25)19-8-10-24-11-9-19/h2-3,6-7,16-17,19,24H,1,4-5,8-15H2/p+1. The number of hydrogen-bond acceptors (Lipinski definition) is 4. The van der Waals surface area contributed by atoms with E-state index in [2.05, 4.69) is 22.8 Å². The Hall–Kier alpha value is -1.76. The van der Waals surface area contributed by atoms with Gasteiger partial charge in [0.05, 0.1) is 31.5 Å². The quantitative estimate of drug-likeness (QED) is 0.704. The van der Waals surface area contributed by atoms with Gasteiger partial charge in [-0.25, -0.2) is 4.79 Å². The maximum absolute atomic E-state index is 14.0. The van der Waals surface area contributed by atoms with Crippen molar-refractivity contribution in [2.75, 3.05) is 26.2 Å². The number of nitrogens with zero attached hydrogens (tertiary/aromatic N) is 1. The molecule has 1 unspecified atom stereocenters. The number of carbonyl (C=O) groups excluding carboxylic acids is 1. The molecule has 3 heterocycles. The molecule has 5 nitrogen and oxygen atoms in total. The zero-order valence-electron chi connectivity index (χ0n) is 16.9. The first-order valence-corrected chi connectivity index (χ1v) is 11.8. The Bertz CT molecular complexity index is 866. The number of hydrogen-bond donors (Lipinski definition) is 2. The second kappa shape index (κ2) is 8.94. The molecule has 29 heavy (non-hydrogen) atoms. The van der Waals surface area contributed by atoms with Crippen molar-refractivity contribution in [3.05, 3.63) is 35.2 Å². The van der Waals surface area contributed by atoms with Gasteiger partial charge in [-0.3, -0.25) is 9.28 Å². The summed E-state index contributed by atoms with van der Waals surface area (Å²) in [5, 5.41) is 16.3. The van der Waals surface area contributed by atoms with Crippen LogP contribution in [0.3, 0.4) is 0 Å². The molecule has 4 rings (SSSR count). The zero-order valence-corrected chi connectivity index (χ0v) is 17.8. The molecule has 0 saturated carbocycles. The molecule has 2 aliphatic rings. The number of nitrogens with one attached hydrogen (secondary N) is 1. The summed E-state index contributed by atoms with van der Waals surface area (Å²) in [6.45, 7) is 3.67. The Morgan fingerprint density at radius 2 is 1.86 bits per heavy atom. The Morgan fingerprint density at radius 3 is 2.59 bits per heavy atom. The molecule has 2 saturated heterocycles. The lowest BCUT2D eigenvalue weighted by molar-refractivity contribution is -0.887. The minimum atomic E-state index is -0.872. The number of thiophene rings is 1. The van der Waals surface area contributed by atoms with E-state index in [9.17, 15) is 14.7 Å². The molecular formula is C23H31N2O3S+. The van der Waals surface area contributed by atoms with Gasteiger partial charge in [-0.15, -0.1) is 11.3 Å². The minimum absolute atomic E-state index is 0.0754. The highest BCUT2D eigenvalue weighted by atomic mass is 32.1. The number of quaternary nitrogens is 1. The summed E-state index contributed by atoms with van der Waals surface area (Å²) in [5.74, 6) is -1.16. The summed E-state index contributed by atoms with van der Waals surface area (Å²) in [7, 11) is 0. The fourth-order valence-corrected chi connectivity index (χ4v) is 6.40. The smallest absolute Gasteiger partial charge is 0.317 e. The van der Waals surface area contributed by atoms with Crippen molar-refractivity contribution in [1.82, 2.24) is 5.32 Å². The number of rotatable bonds is 6. The molecule has 0 bridgehead atoms. The lowest BCUT2D eigenvalue weighted by atomic mass is 9.88. The highest BCUT2D eigenvalue weighted by molar-refractivity contribution is 7.17. The third kappa shape index (κ3) is 4.25. The molecule has 156 valence electrons. The summed E-state index contributed by atoms with van der Waals surface area (Å²) in [5.41, 5.74) is 1.12. The maximum atomic E-state index is 14.0. The normalized spacial score (nSPS) is 21.1. The van der Waals surface area contributed by atoms with E-state index in [1.807, 2.05) is 12.1 Å². The number of likely N-dealkylation sites (tertiary alicyclic amines) is 1. The number of piperidine rings is 2. The molecule has 2 aromatic rings. The predicted octanol–water partition coefficient (Wildman–Crippen LogP) is 3.81. The first-order valence-electron chi connectivity index (χ1n) is 10.9. The van der Waals surface area contributed by atoms with Crippen LogP contribution in [0.15, 0.2) is 29.6 Å². The Kier molecular flexibility index (Phi) is 6.32. The van der Waals surface area contributed by atoms with Crippen molar-refractivity contribution in [2.45, 2.75) is 51.0 Å². The fraction of sp³-hybridized carbons (Fsp3) is 0.565. The van der Waals surface area contributed by atoms with Crippen LogP contribution >= 0.6 is 11.3 Å². The van der Waals surface area contributed by atoms with Gasteiger partial charge in [0.1, 0.15) is 0 Å². The number of carbonyl (C=O) groups is 2. The molecule has 1 aromatic heterocycles. The van der Waals surface area contributed by atoms with E-state index in [0.29, 0.717) is 16.9 Å². The van der Waals surface area contributed by atoms with Gasteiger partial charge < -0.3 is 10.4 Å². The van der Waals surface area contributed by atoms with Gasteiger partial charge in [0.25, 0.3) is 0 Å². The zero-order chi connectivity index (χ0) is 20.3. The molecule has 1 amide bonds. The van der Waals surface area contributed by atoms with Crippen LogP contribution in [-0.4, -0.2) is 53.7 Å². The van der Waals surface area contributed by atoms with Gasteiger partial charge in [0.15, 0.2) is 0 Å². The topological polar surface area (TPSA) is 66.4 Å². The number of aliphatic carboxylic acids is 1. The monoisotopic (exact) mass is 415 g/mol. The van der Waals surface area contributed by atoms with Gasteiger partial charge in [-0.05, 0) is 48.1 Å². The molecule has 0 radical (unpaired) electrons. The summed E-state index contributed by atoms with van der Waals surface area (Å²) in [4.78, 5) is 25.7. The number of benzene rings is 1. The van der Waals surface area contributed by atoms with Gasteiger partial charge in [-0.2, -0.15) is 0 Å². The van der Waals surface area contributed by atoms with Gasteiger partial charge >= 0.3 is 11.9 Å². The van der Waals surface area contributed by atoms with E-state index in [-0.39, 0.29) is 12.3 Å². The first-order chi connectivity index (χ1) is 14.1. The molecule has 0 spiro atoms. The third-order valence-corrected chi connectivity index (χ3v) is 7.87. The second-order valence-electron chi connectivity index (χ2n) is 8.62. The lowest BCUT2D eigenvalue weighted by Gasteiger charge is -2.47. The van der Waals surface area contributed by atoms with Crippen LogP contribution in [0.25, 0.3) is 10.1 Å². The minimum Gasteiger partial charge on any atom is -0.481 e. The molecule has 1 atom stereocenters. The van der Waals surface area contributed by atoms with E-state index in [1.54, 1.807) is 11.3 Å². The molecule has 2 N–H and O–H groups in total. The van der Waals surface area contributed by atoms with E-state index in [4.69, 9.17) is 0 Å². The number of amides is 1. The van der Waals surface area contributed by atoms with E-state index in [0.717, 1.165) is 62.8 Å². The summed E-state index contributed by atoms with van der Waals surface area (Å²) in [6, 6.07) is 8.54. The molecule has 0 aliphatic carbocycles. The summed E-state index contributed by atoms with van der Waals surface area (Å²) >= 11 is 1.68. The second-order valence-corrected chi connectivity index (χ2v) is 9.53. The van der Waals surface area contributed by atoms with Gasteiger partial charge in [0.2, 0.25) is 0 Å². The third-order valence-electron chi connectivity index (χ3n) is 6.86. The van der Waals surface area contributed by atoms with Crippen molar-refractivity contribution in [2.24, 2.45) is 5.92 Å². The Balaban J connectivity index is 1.65. The van der Waals surface area contributed by atoms with Crippen LogP contribution in [0.2, 0.25) is 0 Å². The van der Waals surface area contributed by atoms with Crippen LogP contribution in [0.4, 0.5) is 0 Å². The van der Waals surface area contributed by atoms with Crippen molar-refractivity contribution >= 4 is 33.3 Å². The average Bonchev–Trinajstić information content (AvgIpc) is 3.16. The van der Waals surface area contributed by atoms with Crippen LogP contribution in [0.5, 0.6) is 0 Å². The lowest BCUT2D eigenvalue weighted by Crippen LogP contribution is -2.65. The maximum Gasteiger partial charge on any atom is 0.317 e. The van der Waals surface area contributed by atoms with Gasteiger partial charge in [0, 0.05) is 30.6 Å². The van der Waals surface area contributed by atoms with Crippen molar-refractivity contribution in [3.8, 4) is 0 Å². The number of fused-ring (bicyclic) bond motifs is 1. The van der Waals surface area contributed by atoms with Crippen LogP contribution < -0.4 is 5.32 Å². The highest BCUT2D eigenvalue weighted by Crippen LogP contribution is 2.34. The molecular weight excluding hydrogens is 384 g/mol. The van der Waals surface area contributed by atoms with E-state index in [1.165, 1.54) is 11.1 Å². The number of carboxylic acids is 1. The Morgan fingerprint density at radius 1 is 1.14 bits per heavy atom. The molecule has 2 aliphatic heterocycles. The van der Waals surface area contributed by atoms with Crippen LogP contribution in [0, 0.1) is 5.92 Å². The van der Waals surface area contributed by atoms with Crippen molar-refractivity contribution < 1.29 is 19.2 Å². The Labute approximate surface area is 176 Å². The van der Waals surface area contributed by atoms with E-state index < -0.39 is 11.9 Å². The van der Waals surface area contributed by atoms with Crippen molar-refractivity contribution in [1.29, 1.82) is 0 Å². The van der Waals surface area contributed by atoms with E-state index >= 15 is 0 Å². The SMILES string of the molecule is O=C(O)CC(Cc1csc2ccccc12)C(=O)[N+]1(C2CCNCC2)CCCCC1. The molecule has 2 fully saturated rings. The summed E-state index contributed by atoms with van der Waals surface area (Å²) in [6.07, 6.45) is 5.78. The largest absolute Gasteiger partial charge is 0.481 e. The average molecular weight is 416 g/mol. The molecule has 6 heteroatoms. The molecule has 1 aromatic carbocycles. The van der Waals surface area contributed by atoms with Crippen LogP contribution in [0.1, 0.15) is 44.1 Å². The highest BCUT2D eigenvalue weighted by Gasteiger charge is 2.48. The fourth-order valence-electron chi connectivity index (χ4n) is 5.42. The number of carboxylic acid groups (broad SMARTS) is 1. The summed E-state index contributed by atoms with van der Waals surface area (Å²) < 4.78 is 1.71. The van der Waals surface area contributed by atoms with Gasteiger partial charge in [-0.1, -0.05) is 18.2 Å².